The van der Waals surface area contributed by atoms with Crippen LogP contribution in [0.5, 0.6) is 0 Å². The van der Waals surface area contributed by atoms with Gasteiger partial charge in [0.1, 0.15) is 23.6 Å². The lowest BCUT2D eigenvalue weighted by Crippen LogP contribution is -2.48. The van der Waals surface area contributed by atoms with Gasteiger partial charge in [0, 0.05) is 12.0 Å². The van der Waals surface area contributed by atoms with Gasteiger partial charge < -0.3 is 19.9 Å². The van der Waals surface area contributed by atoms with Crippen LogP contribution in [0.3, 0.4) is 0 Å². The molecule has 0 spiro atoms. The second kappa shape index (κ2) is 4.36. The number of esters is 2. The van der Waals surface area contributed by atoms with Gasteiger partial charge in [0.25, 0.3) is 10.1 Å². The summed E-state index contributed by atoms with van der Waals surface area (Å²) in [6, 6.07) is -0.353. The molecule has 0 aromatic rings. The SMILES string of the molecule is NC1C2CC3C1OC(=O)C3C2C(=O)OC1C2CC3C(O2)C1OS3(=O)=O. The highest BCUT2D eigenvalue weighted by molar-refractivity contribution is 7.87. The molecule has 6 aliphatic rings. The highest BCUT2D eigenvalue weighted by atomic mass is 32.2. The fourth-order valence-electron chi connectivity index (χ4n) is 6.01. The molecule has 6 rings (SSSR count). The van der Waals surface area contributed by atoms with Crippen LogP contribution in [0.15, 0.2) is 0 Å². The van der Waals surface area contributed by atoms with Gasteiger partial charge in [-0.2, -0.15) is 8.42 Å². The molecule has 2 aliphatic carbocycles. The van der Waals surface area contributed by atoms with Gasteiger partial charge >= 0.3 is 11.9 Å². The second-order valence-electron chi connectivity index (χ2n) is 7.96. The Kier molecular flexibility index (Phi) is 2.59. The van der Waals surface area contributed by atoms with Crippen molar-refractivity contribution in [1.82, 2.24) is 0 Å². The lowest BCUT2D eigenvalue weighted by Gasteiger charge is -2.30. The first-order valence-corrected chi connectivity index (χ1v) is 10.1. The first kappa shape index (κ1) is 14.9. The molecule has 9 nitrogen and oxygen atoms in total. The van der Waals surface area contributed by atoms with E-state index in [0.29, 0.717) is 6.42 Å². The molecular formula is C15H17NO8S. The molecule has 11 atom stereocenters. The summed E-state index contributed by atoms with van der Waals surface area (Å²) >= 11 is 0. The summed E-state index contributed by atoms with van der Waals surface area (Å²) in [5, 5.41) is -0.668. The van der Waals surface area contributed by atoms with Crippen LogP contribution < -0.4 is 5.73 Å². The second-order valence-corrected chi connectivity index (χ2v) is 9.75. The van der Waals surface area contributed by atoms with Crippen LogP contribution in [0.25, 0.3) is 0 Å². The fraction of sp³-hybridized carbons (Fsp3) is 0.867. The number of rotatable bonds is 2. The Balaban J connectivity index is 1.26. The van der Waals surface area contributed by atoms with Crippen molar-refractivity contribution in [2.75, 3.05) is 0 Å². The standard InChI is InChI=1S/C15H17NO8S/c16-9-3-1-4-8(15(18)22-10(4)9)7(3)14(17)23-11-5-2-6-12(21-5)13(11)24-25(6,19)20/h3-13H,1-2,16H2. The molecular weight excluding hydrogens is 354 g/mol. The van der Waals surface area contributed by atoms with Gasteiger partial charge in [-0.15, -0.1) is 0 Å². The van der Waals surface area contributed by atoms with Crippen LogP contribution >= 0.6 is 0 Å². The maximum atomic E-state index is 12.8. The number of carbonyl (C=O) groups excluding carboxylic acids is 2. The minimum Gasteiger partial charge on any atom is -0.460 e. The predicted molar refractivity (Wildman–Crippen MR) is 77.2 cm³/mol. The minimum absolute atomic E-state index is 0.0196. The number of hydrogen-bond donors (Lipinski definition) is 1. The lowest BCUT2D eigenvalue weighted by molar-refractivity contribution is -0.165. The smallest absolute Gasteiger partial charge is 0.310 e. The number of ether oxygens (including phenoxy) is 3. The molecule has 0 radical (unpaired) electrons. The molecule has 0 aromatic heterocycles. The lowest BCUT2D eigenvalue weighted by atomic mass is 9.77. The summed E-state index contributed by atoms with van der Waals surface area (Å²) in [6.45, 7) is 0. The molecule has 10 heteroatoms. The van der Waals surface area contributed by atoms with Crippen molar-refractivity contribution >= 4 is 22.1 Å². The third-order valence-electron chi connectivity index (χ3n) is 6.99. The van der Waals surface area contributed by atoms with E-state index in [2.05, 4.69) is 0 Å². The van der Waals surface area contributed by atoms with Crippen LogP contribution in [-0.4, -0.2) is 62.2 Å². The zero-order chi connectivity index (χ0) is 17.2. The molecule has 4 aliphatic heterocycles. The Bertz CT molecular complexity index is 797. The Morgan fingerprint density at radius 3 is 2.76 bits per heavy atom. The third-order valence-corrected chi connectivity index (χ3v) is 8.68. The molecule has 25 heavy (non-hydrogen) atoms. The van der Waals surface area contributed by atoms with Crippen LogP contribution in [0.4, 0.5) is 0 Å². The fourth-order valence-corrected chi connectivity index (χ4v) is 7.65. The van der Waals surface area contributed by atoms with Gasteiger partial charge in [0.05, 0.1) is 17.9 Å². The maximum absolute atomic E-state index is 12.8. The van der Waals surface area contributed by atoms with Crippen molar-refractivity contribution in [2.24, 2.45) is 29.4 Å². The van der Waals surface area contributed by atoms with Gasteiger partial charge in [-0.3, -0.25) is 13.8 Å². The van der Waals surface area contributed by atoms with E-state index in [1.165, 1.54) is 0 Å². The third kappa shape index (κ3) is 1.62. The van der Waals surface area contributed by atoms with Gasteiger partial charge in [0.2, 0.25) is 0 Å². The normalized spacial score (nSPS) is 58.8. The quantitative estimate of drug-likeness (QED) is 0.446. The van der Waals surface area contributed by atoms with Crippen molar-refractivity contribution in [2.45, 2.75) is 54.7 Å². The van der Waals surface area contributed by atoms with Crippen LogP contribution in [-0.2, 0) is 38.1 Å². The zero-order valence-corrected chi connectivity index (χ0v) is 13.8. The highest BCUT2D eigenvalue weighted by Gasteiger charge is 2.70. The van der Waals surface area contributed by atoms with Gasteiger partial charge in [-0.05, 0) is 18.8 Å². The topological polar surface area (TPSA) is 131 Å². The number of hydrogen-bond acceptors (Lipinski definition) is 9. The molecule has 2 saturated carbocycles. The Morgan fingerprint density at radius 2 is 1.96 bits per heavy atom. The van der Waals surface area contributed by atoms with Crippen molar-refractivity contribution in [3.05, 3.63) is 0 Å². The number of carbonyl (C=O) groups is 2. The van der Waals surface area contributed by atoms with Crippen LogP contribution in [0, 0.1) is 23.7 Å². The zero-order valence-electron chi connectivity index (χ0n) is 13.0. The highest BCUT2D eigenvalue weighted by Crippen LogP contribution is 2.58. The first-order valence-electron chi connectivity index (χ1n) is 8.61. The summed E-state index contributed by atoms with van der Waals surface area (Å²) in [5.74, 6) is -2.18. The van der Waals surface area contributed by atoms with E-state index in [0.717, 1.165) is 0 Å². The van der Waals surface area contributed by atoms with Gasteiger partial charge in [-0.25, -0.2) is 0 Å². The van der Waals surface area contributed by atoms with E-state index < -0.39 is 57.6 Å². The predicted octanol–water partition coefficient (Wildman–Crippen LogP) is -1.70. The average Bonchev–Trinajstić information content (AvgIpc) is 3.30. The number of nitrogens with two attached hydrogens (primary N) is 1. The molecule has 0 aromatic carbocycles. The summed E-state index contributed by atoms with van der Waals surface area (Å²) in [7, 11) is -3.66. The monoisotopic (exact) mass is 371 g/mol. The van der Waals surface area contributed by atoms with Crippen LogP contribution in [0.1, 0.15) is 12.8 Å². The Hall–Kier alpha value is -1.23. The summed E-state index contributed by atoms with van der Waals surface area (Å²) in [5.41, 5.74) is 6.14. The average molecular weight is 371 g/mol. The van der Waals surface area contributed by atoms with Crippen LogP contribution in [0.2, 0.25) is 0 Å². The molecule has 136 valence electrons. The van der Waals surface area contributed by atoms with E-state index in [1.54, 1.807) is 0 Å². The Labute approximate surface area is 143 Å². The molecule has 6 fully saturated rings. The molecule has 4 bridgehead atoms. The van der Waals surface area contributed by atoms with Gasteiger partial charge in [-0.1, -0.05) is 0 Å². The number of fused-ring (bicyclic) bond motifs is 2. The largest absolute Gasteiger partial charge is 0.460 e. The van der Waals surface area contributed by atoms with E-state index in [9.17, 15) is 18.0 Å². The summed E-state index contributed by atoms with van der Waals surface area (Å²) in [6.07, 6.45) is -1.92. The van der Waals surface area contributed by atoms with Gasteiger partial charge in [0.15, 0.2) is 6.10 Å². The Morgan fingerprint density at radius 1 is 1.16 bits per heavy atom. The van der Waals surface area contributed by atoms with Crippen molar-refractivity contribution in [3.63, 3.8) is 0 Å². The molecule has 0 amide bonds. The van der Waals surface area contributed by atoms with Crippen molar-refractivity contribution in [1.29, 1.82) is 0 Å². The van der Waals surface area contributed by atoms with E-state index in [-0.39, 0.29) is 36.4 Å². The molecule has 4 saturated heterocycles. The molecule has 2 N–H and O–H groups in total. The van der Waals surface area contributed by atoms with E-state index in [1.807, 2.05) is 0 Å². The summed E-state index contributed by atoms with van der Waals surface area (Å²) < 4.78 is 45.6. The molecule has 4 heterocycles. The van der Waals surface area contributed by atoms with Crippen molar-refractivity contribution in [3.8, 4) is 0 Å². The summed E-state index contributed by atoms with van der Waals surface area (Å²) in [4.78, 5) is 25.0. The van der Waals surface area contributed by atoms with E-state index in [4.69, 9.17) is 24.1 Å². The molecule has 11 unspecified atom stereocenters. The maximum Gasteiger partial charge on any atom is 0.310 e. The van der Waals surface area contributed by atoms with E-state index >= 15 is 0 Å². The minimum atomic E-state index is -3.66. The first-order chi connectivity index (χ1) is 11.9. The van der Waals surface area contributed by atoms with Crippen molar-refractivity contribution < 1.29 is 36.4 Å².